The van der Waals surface area contributed by atoms with Crippen molar-refractivity contribution < 1.29 is 0 Å². The van der Waals surface area contributed by atoms with Crippen molar-refractivity contribution in [1.82, 2.24) is 10.3 Å². The van der Waals surface area contributed by atoms with Gasteiger partial charge in [-0.25, -0.2) is 4.98 Å². The maximum absolute atomic E-state index is 4.36. The van der Waals surface area contributed by atoms with Gasteiger partial charge < -0.3 is 10.6 Å². The molecule has 0 bridgehead atoms. The van der Waals surface area contributed by atoms with Crippen LogP contribution in [-0.2, 0) is 6.42 Å². The summed E-state index contributed by atoms with van der Waals surface area (Å²) in [7, 11) is 0. The fourth-order valence-corrected chi connectivity index (χ4v) is 3.24. The van der Waals surface area contributed by atoms with E-state index in [1.807, 2.05) is 11.6 Å². The summed E-state index contributed by atoms with van der Waals surface area (Å²) in [6, 6.07) is 9.09. The normalized spacial score (nSPS) is 18.9. The summed E-state index contributed by atoms with van der Waals surface area (Å²) >= 11 is 1.74. The molecule has 100 valence electrons. The van der Waals surface area contributed by atoms with Crippen LogP contribution in [0.25, 0.3) is 0 Å². The molecule has 2 N–H and O–H groups in total. The van der Waals surface area contributed by atoms with Gasteiger partial charge in [-0.15, -0.1) is 11.3 Å². The monoisotopic (exact) mass is 273 g/mol. The average Bonchev–Trinajstić information content (AvgIpc) is 3.07. The molecule has 0 fully saturated rings. The molecule has 0 saturated carbocycles. The topological polar surface area (TPSA) is 37.0 Å². The Balaban J connectivity index is 1.45. The van der Waals surface area contributed by atoms with Gasteiger partial charge in [0.05, 0.1) is 5.01 Å². The lowest BCUT2D eigenvalue weighted by Crippen LogP contribution is -2.33. The Morgan fingerprint density at radius 1 is 1.47 bits per heavy atom. The third-order valence-electron chi connectivity index (χ3n) is 3.56. The number of aromatic nitrogens is 1. The second-order valence-corrected chi connectivity index (χ2v) is 6.06. The predicted octanol–water partition coefficient (Wildman–Crippen LogP) is 2.87. The molecular formula is C15H19N3S. The quantitative estimate of drug-likeness (QED) is 0.879. The SMILES string of the molecule is CC(CNCC1Cc2ccccc2N1)c1nccs1. The van der Waals surface area contributed by atoms with E-state index in [9.17, 15) is 0 Å². The number of benzene rings is 1. The van der Waals surface area contributed by atoms with E-state index in [1.165, 1.54) is 16.3 Å². The van der Waals surface area contributed by atoms with Crippen molar-refractivity contribution in [2.75, 3.05) is 18.4 Å². The van der Waals surface area contributed by atoms with E-state index in [-0.39, 0.29) is 0 Å². The van der Waals surface area contributed by atoms with Crippen LogP contribution in [0.4, 0.5) is 5.69 Å². The fourth-order valence-electron chi connectivity index (χ4n) is 2.54. The summed E-state index contributed by atoms with van der Waals surface area (Å²) in [5.41, 5.74) is 2.73. The molecule has 3 nitrogen and oxygen atoms in total. The second kappa shape index (κ2) is 5.72. The van der Waals surface area contributed by atoms with Crippen LogP contribution >= 0.6 is 11.3 Å². The van der Waals surface area contributed by atoms with Crippen LogP contribution in [0.3, 0.4) is 0 Å². The van der Waals surface area contributed by atoms with Gasteiger partial charge in [-0.2, -0.15) is 0 Å². The zero-order valence-corrected chi connectivity index (χ0v) is 11.9. The number of hydrogen-bond acceptors (Lipinski definition) is 4. The standard InChI is InChI=1S/C15H19N3S/c1-11(15-17-6-7-19-15)9-16-10-13-8-12-4-2-3-5-14(12)18-13/h2-7,11,13,16,18H,8-10H2,1H3. The summed E-state index contributed by atoms with van der Waals surface area (Å²) in [6.07, 6.45) is 3.00. The molecular weight excluding hydrogens is 254 g/mol. The first kappa shape index (κ1) is 12.6. The molecule has 0 saturated heterocycles. The molecule has 19 heavy (non-hydrogen) atoms. The maximum Gasteiger partial charge on any atom is 0.0965 e. The van der Waals surface area contributed by atoms with Crippen LogP contribution in [0.1, 0.15) is 23.4 Å². The molecule has 2 heterocycles. The third-order valence-corrected chi connectivity index (χ3v) is 4.56. The Kier molecular flexibility index (Phi) is 3.80. The van der Waals surface area contributed by atoms with Gasteiger partial charge in [0.15, 0.2) is 0 Å². The summed E-state index contributed by atoms with van der Waals surface area (Å²) in [5.74, 6) is 0.490. The molecule has 2 atom stereocenters. The minimum absolute atomic E-state index is 0.490. The van der Waals surface area contributed by atoms with Crippen molar-refractivity contribution >= 4 is 17.0 Å². The second-order valence-electron chi connectivity index (χ2n) is 5.13. The molecule has 1 aliphatic rings. The highest BCUT2D eigenvalue weighted by Gasteiger charge is 2.19. The van der Waals surface area contributed by atoms with E-state index in [0.717, 1.165) is 19.5 Å². The Labute approximate surface area is 118 Å². The van der Waals surface area contributed by atoms with Gasteiger partial charge in [0.2, 0.25) is 0 Å². The van der Waals surface area contributed by atoms with E-state index in [1.54, 1.807) is 11.3 Å². The molecule has 4 heteroatoms. The molecule has 1 aromatic heterocycles. The van der Waals surface area contributed by atoms with Gasteiger partial charge >= 0.3 is 0 Å². The summed E-state index contributed by atoms with van der Waals surface area (Å²) in [4.78, 5) is 4.36. The molecule has 3 rings (SSSR count). The molecule has 0 spiro atoms. The van der Waals surface area contributed by atoms with Gasteiger partial charge in [-0.1, -0.05) is 25.1 Å². The first-order valence-corrected chi connectivity index (χ1v) is 7.65. The fraction of sp³-hybridized carbons (Fsp3) is 0.400. The summed E-state index contributed by atoms with van der Waals surface area (Å²) in [5, 5.41) is 10.4. The Bertz CT molecular complexity index is 499. The van der Waals surface area contributed by atoms with Gasteiger partial charge in [0.1, 0.15) is 0 Å². The van der Waals surface area contributed by atoms with E-state index < -0.39 is 0 Å². The smallest absolute Gasteiger partial charge is 0.0965 e. The van der Waals surface area contributed by atoms with E-state index in [4.69, 9.17) is 0 Å². The highest BCUT2D eigenvalue weighted by molar-refractivity contribution is 7.09. The highest BCUT2D eigenvalue weighted by atomic mass is 32.1. The number of fused-ring (bicyclic) bond motifs is 1. The van der Waals surface area contributed by atoms with Gasteiger partial charge in [-0.05, 0) is 18.1 Å². The number of thiazole rings is 1. The van der Waals surface area contributed by atoms with Crippen LogP contribution in [0, 0.1) is 0 Å². The predicted molar refractivity (Wildman–Crippen MR) is 81.0 cm³/mol. The lowest BCUT2D eigenvalue weighted by Gasteiger charge is -2.14. The average molecular weight is 273 g/mol. The highest BCUT2D eigenvalue weighted by Crippen LogP contribution is 2.24. The van der Waals surface area contributed by atoms with E-state index in [0.29, 0.717) is 12.0 Å². The van der Waals surface area contributed by atoms with Crippen molar-refractivity contribution in [1.29, 1.82) is 0 Å². The largest absolute Gasteiger partial charge is 0.380 e. The van der Waals surface area contributed by atoms with E-state index in [2.05, 4.69) is 46.8 Å². The van der Waals surface area contributed by atoms with Crippen LogP contribution in [0.2, 0.25) is 0 Å². The van der Waals surface area contributed by atoms with Gasteiger partial charge in [0.25, 0.3) is 0 Å². The minimum atomic E-state index is 0.490. The lowest BCUT2D eigenvalue weighted by atomic mass is 10.1. The summed E-state index contributed by atoms with van der Waals surface area (Å²) in [6.45, 7) is 4.22. The molecule has 0 aliphatic carbocycles. The van der Waals surface area contributed by atoms with Crippen molar-refractivity contribution in [3.05, 3.63) is 46.4 Å². The summed E-state index contributed by atoms with van der Waals surface area (Å²) < 4.78 is 0. The zero-order valence-electron chi connectivity index (χ0n) is 11.1. The molecule has 1 aromatic carbocycles. The Morgan fingerprint density at radius 2 is 2.37 bits per heavy atom. The number of nitrogens with zero attached hydrogens (tertiary/aromatic N) is 1. The number of hydrogen-bond donors (Lipinski definition) is 2. The van der Waals surface area contributed by atoms with Crippen molar-refractivity contribution in [2.45, 2.75) is 25.3 Å². The first-order valence-electron chi connectivity index (χ1n) is 6.77. The molecule has 0 amide bonds. The molecule has 2 unspecified atom stereocenters. The van der Waals surface area contributed by atoms with Crippen LogP contribution in [0.15, 0.2) is 35.8 Å². The minimum Gasteiger partial charge on any atom is -0.380 e. The van der Waals surface area contributed by atoms with Crippen LogP contribution in [0.5, 0.6) is 0 Å². The van der Waals surface area contributed by atoms with E-state index >= 15 is 0 Å². The number of para-hydroxylation sites is 1. The molecule has 2 aromatic rings. The van der Waals surface area contributed by atoms with Crippen LogP contribution < -0.4 is 10.6 Å². The molecule has 0 radical (unpaired) electrons. The van der Waals surface area contributed by atoms with Gasteiger partial charge in [0, 0.05) is 42.3 Å². The van der Waals surface area contributed by atoms with Crippen molar-refractivity contribution in [3.8, 4) is 0 Å². The first-order chi connectivity index (χ1) is 9.33. The van der Waals surface area contributed by atoms with Gasteiger partial charge in [-0.3, -0.25) is 0 Å². The third kappa shape index (κ3) is 2.96. The number of nitrogens with one attached hydrogen (secondary N) is 2. The van der Waals surface area contributed by atoms with Crippen molar-refractivity contribution in [2.24, 2.45) is 0 Å². The molecule has 1 aliphatic heterocycles. The Hall–Kier alpha value is -1.39. The Morgan fingerprint density at radius 3 is 3.16 bits per heavy atom. The maximum atomic E-state index is 4.36. The zero-order chi connectivity index (χ0) is 13.1. The van der Waals surface area contributed by atoms with Crippen LogP contribution in [-0.4, -0.2) is 24.1 Å². The number of anilines is 1. The lowest BCUT2D eigenvalue weighted by molar-refractivity contribution is 0.573. The van der Waals surface area contributed by atoms with Crippen molar-refractivity contribution in [3.63, 3.8) is 0 Å². The number of rotatable bonds is 5.